The molecule has 2 atom stereocenters. The first-order valence-electron chi connectivity index (χ1n) is 13.1. The number of hydrogen-bond acceptors (Lipinski definition) is 5. The fourth-order valence-electron chi connectivity index (χ4n) is 7.34. The Morgan fingerprint density at radius 2 is 1.10 bits per heavy atom. The van der Waals surface area contributed by atoms with E-state index in [1.165, 1.54) is 19.3 Å². The summed E-state index contributed by atoms with van der Waals surface area (Å²) in [4.78, 5) is 39.2. The van der Waals surface area contributed by atoms with E-state index in [0.717, 1.165) is 19.3 Å². The Morgan fingerprint density at radius 1 is 0.700 bits per heavy atom. The Bertz CT molecular complexity index is 787. The Balaban J connectivity index is -0.00000108. The molecule has 0 aromatic carbocycles. The van der Waals surface area contributed by atoms with Crippen molar-refractivity contribution >= 4 is 17.9 Å². The minimum atomic E-state index is -1.15. The van der Waals surface area contributed by atoms with Crippen molar-refractivity contribution < 1.29 is 29.0 Å². The minimum absolute atomic E-state index is 0. The van der Waals surface area contributed by atoms with Crippen molar-refractivity contribution in [3.63, 3.8) is 0 Å². The second-order valence-corrected chi connectivity index (χ2v) is 14.0. The predicted molar refractivity (Wildman–Crippen MR) is 170 cm³/mol. The van der Waals surface area contributed by atoms with Crippen LogP contribution in [-0.4, -0.2) is 34.2 Å². The lowest BCUT2D eigenvalue weighted by atomic mass is 9.54. The lowest BCUT2D eigenvalue weighted by molar-refractivity contribution is -0.200. The molecule has 242 valence electrons. The van der Waals surface area contributed by atoms with Crippen LogP contribution in [0.25, 0.3) is 0 Å². The average molecular weight is 575 g/mol. The average Bonchev–Trinajstić information content (AvgIpc) is 2.64. The molecule has 40 heavy (non-hydrogen) atoms. The van der Waals surface area contributed by atoms with Gasteiger partial charge in [0.2, 0.25) is 0 Å². The normalized spacial score (nSPS) is 27.1. The van der Waals surface area contributed by atoms with Crippen LogP contribution in [0.1, 0.15) is 158 Å². The monoisotopic (exact) mass is 575 g/mol. The Morgan fingerprint density at radius 3 is 1.43 bits per heavy atom. The van der Waals surface area contributed by atoms with E-state index in [4.69, 9.17) is 9.47 Å². The van der Waals surface area contributed by atoms with Gasteiger partial charge >= 0.3 is 17.9 Å². The molecular formula is C34H70O6. The van der Waals surface area contributed by atoms with E-state index in [9.17, 15) is 19.5 Å². The third-order valence-corrected chi connectivity index (χ3v) is 8.65. The molecule has 0 aliphatic heterocycles. The van der Waals surface area contributed by atoms with Crippen LogP contribution in [0.5, 0.6) is 0 Å². The Labute approximate surface area is 249 Å². The van der Waals surface area contributed by atoms with Gasteiger partial charge in [0.05, 0.1) is 16.2 Å². The molecule has 0 radical (unpaired) electrons. The van der Waals surface area contributed by atoms with Gasteiger partial charge in [-0.25, -0.2) is 0 Å². The predicted octanol–water partition coefficient (Wildman–Crippen LogP) is 9.97. The number of hydrogen-bond donors (Lipinski definition) is 1. The summed E-state index contributed by atoms with van der Waals surface area (Å²) in [6.45, 7) is 14.2. The molecule has 0 amide bonds. The van der Waals surface area contributed by atoms with Crippen molar-refractivity contribution in [3.8, 4) is 0 Å². The van der Waals surface area contributed by atoms with Gasteiger partial charge in [0, 0.05) is 0 Å². The Kier molecular flexibility index (Phi) is 17.1. The first-order chi connectivity index (χ1) is 15.4. The summed E-state index contributed by atoms with van der Waals surface area (Å²) in [6, 6.07) is 0. The summed E-state index contributed by atoms with van der Waals surface area (Å²) in [5.41, 5.74) is -4.28. The van der Waals surface area contributed by atoms with Gasteiger partial charge in [-0.3, -0.25) is 14.4 Å². The maximum absolute atomic E-state index is 13.8. The fourth-order valence-corrected chi connectivity index (χ4v) is 7.34. The summed E-state index contributed by atoms with van der Waals surface area (Å²) >= 11 is 0. The molecule has 0 saturated heterocycles. The number of carbonyl (C=O) groups excluding carboxylic acids is 2. The molecule has 4 bridgehead atoms. The molecule has 0 aromatic rings. The zero-order valence-electron chi connectivity index (χ0n) is 22.6. The molecule has 0 spiro atoms. The van der Waals surface area contributed by atoms with E-state index in [-0.39, 0.29) is 69.0 Å². The lowest BCUT2D eigenvalue weighted by Gasteiger charge is -2.56. The molecule has 4 fully saturated rings. The van der Waals surface area contributed by atoms with Gasteiger partial charge in [-0.05, 0) is 124 Å². The van der Waals surface area contributed by atoms with Gasteiger partial charge in [-0.2, -0.15) is 0 Å². The molecular weight excluding hydrogens is 504 g/mol. The highest BCUT2D eigenvalue weighted by molar-refractivity contribution is 5.82. The molecule has 1 N–H and O–H groups in total. The van der Waals surface area contributed by atoms with Gasteiger partial charge in [0.15, 0.2) is 0 Å². The Hall–Kier alpha value is -1.59. The van der Waals surface area contributed by atoms with Crippen LogP contribution in [0.3, 0.4) is 0 Å². The molecule has 4 aliphatic rings. The zero-order valence-corrected chi connectivity index (χ0v) is 22.6. The second-order valence-electron chi connectivity index (χ2n) is 14.0. The van der Waals surface area contributed by atoms with Crippen molar-refractivity contribution in [2.24, 2.45) is 34.0 Å². The highest BCUT2D eigenvalue weighted by atomic mass is 16.6. The lowest BCUT2D eigenvalue weighted by Crippen LogP contribution is -2.54. The van der Waals surface area contributed by atoms with Crippen LogP contribution in [0, 0.1) is 34.0 Å². The van der Waals surface area contributed by atoms with Crippen molar-refractivity contribution in [1.29, 1.82) is 0 Å². The van der Waals surface area contributed by atoms with Crippen LogP contribution >= 0.6 is 0 Å². The van der Waals surface area contributed by atoms with E-state index < -0.39 is 33.8 Å². The number of carbonyl (C=O) groups is 3. The van der Waals surface area contributed by atoms with Crippen LogP contribution in [-0.2, 0) is 23.9 Å². The van der Waals surface area contributed by atoms with Gasteiger partial charge in [-0.15, -0.1) is 0 Å². The van der Waals surface area contributed by atoms with E-state index in [0.29, 0.717) is 24.2 Å². The molecule has 4 aliphatic carbocycles. The number of esters is 2. The number of carboxylic acids is 1. The maximum atomic E-state index is 13.8. The van der Waals surface area contributed by atoms with E-state index in [1.54, 1.807) is 41.5 Å². The van der Waals surface area contributed by atoms with E-state index >= 15 is 0 Å². The van der Waals surface area contributed by atoms with Gasteiger partial charge < -0.3 is 14.6 Å². The molecule has 0 heterocycles. The molecule has 2 unspecified atom stereocenters. The van der Waals surface area contributed by atoms with Gasteiger partial charge in [-0.1, -0.05) is 51.5 Å². The quantitative estimate of drug-likeness (QED) is 0.276. The van der Waals surface area contributed by atoms with Crippen LogP contribution in [0.15, 0.2) is 0 Å². The largest absolute Gasteiger partial charge is 0.481 e. The zero-order chi connectivity index (χ0) is 25.7. The first kappa shape index (κ1) is 45.4. The molecule has 4 rings (SSSR count). The molecule has 0 aromatic heterocycles. The van der Waals surface area contributed by atoms with Crippen LogP contribution in [0.4, 0.5) is 0 Å². The van der Waals surface area contributed by atoms with Gasteiger partial charge in [0.1, 0.15) is 11.2 Å². The third-order valence-electron chi connectivity index (χ3n) is 8.65. The number of carboxylic acid groups (broad SMARTS) is 1. The highest BCUT2D eigenvalue weighted by Gasteiger charge is 2.56. The maximum Gasteiger partial charge on any atom is 0.312 e. The highest BCUT2D eigenvalue weighted by Crippen LogP contribution is 2.58. The summed E-state index contributed by atoms with van der Waals surface area (Å²) in [6.07, 6.45) is 7.44. The van der Waals surface area contributed by atoms with Crippen molar-refractivity contribution in [2.75, 3.05) is 0 Å². The molecule has 4 saturated carbocycles. The van der Waals surface area contributed by atoms with Crippen molar-refractivity contribution in [2.45, 2.75) is 169 Å². The molecule has 6 heteroatoms. The fraction of sp³-hybridized carbons (Fsp3) is 0.912. The SMILES string of the molecule is C.C.C.C.C.C.CCC(C)(CC(C)(CC(C)(C)C(=O)O)C(=O)OC(C)(C)C)C(=O)OC12CC3CC(CC(C3)C1)C2. The van der Waals surface area contributed by atoms with Gasteiger partial charge in [0.25, 0.3) is 0 Å². The van der Waals surface area contributed by atoms with Crippen LogP contribution < -0.4 is 0 Å². The summed E-state index contributed by atoms with van der Waals surface area (Å²) in [5.74, 6) is 0.300. The summed E-state index contributed by atoms with van der Waals surface area (Å²) < 4.78 is 12.2. The van der Waals surface area contributed by atoms with E-state index in [2.05, 4.69) is 0 Å². The van der Waals surface area contributed by atoms with E-state index in [1.807, 2.05) is 13.8 Å². The number of aliphatic carboxylic acids is 1. The second kappa shape index (κ2) is 15.0. The standard InChI is InChI=1S/C28H46O6.6CH4/c1-9-26(7,22(31)34-28-13-18-10-19(14-28)12-20(11-18)15-28)17-27(8,16-25(5,6)21(29)30)23(32)33-24(2,3)4;;;;;;/h18-20H,9-17H2,1-8H3,(H,29,30);6*1H4. The summed E-state index contributed by atoms with van der Waals surface area (Å²) in [5, 5.41) is 9.78. The number of ether oxygens (including phenoxy) is 2. The van der Waals surface area contributed by atoms with Crippen molar-refractivity contribution in [1.82, 2.24) is 0 Å². The number of rotatable bonds is 9. The minimum Gasteiger partial charge on any atom is -0.481 e. The third kappa shape index (κ3) is 9.76. The summed E-state index contributed by atoms with van der Waals surface area (Å²) in [7, 11) is 0. The van der Waals surface area contributed by atoms with Crippen molar-refractivity contribution in [3.05, 3.63) is 0 Å². The smallest absolute Gasteiger partial charge is 0.312 e. The molecule has 6 nitrogen and oxygen atoms in total. The topological polar surface area (TPSA) is 89.9 Å². The first-order valence-corrected chi connectivity index (χ1v) is 13.1. The van der Waals surface area contributed by atoms with Crippen LogP contribution in [0.2, 0.25) is 0 Å².